The van der Waals surface area contributed by atoms with Crippen LogP contribution < -0.4 is 10.1 Å². The van der Waals surface area contributed by atoms with E-state index >= 15 is 0 Å². The van der Waals surface area contributed by atoms with Crippen LogP contribution in [0, 0.1) is 5.82 Å². The minimum atomic E-state index is -0.521. The summed E-state index contributed by atoms with van der Waals surface area (Å²) in [4.78, 5) is 11.7. The molecule has 1 N–H and O–H groups in total. The zero-order valence-corrected chi connectivity index (χ0v) is 14.0. The molecule has 0 fully saturated rings. The predicted molar refractivity (Wildman–Crippen MR) is 87.8 cm³/mol. The summed E-state index contributed by atoms with van der Waals surface area (Å²) < 4.78 is 19.3. The highest BCUT2D eigenvalue weighted by Gasteiger charge is 2.06. The number of benzene rings is 2. The van der Waals surface area contributed by atoms with Crippen molar-refractivity contribution in [3.8, 4) is 5.75 Å². The Morgan fingerprint density at radius 2 is 2.05 bits per heavy atom. The zero-order chi connectivity index (χ0) is 15.9. The molecule has 2 aromatic carbocycles. The first kappa shape index (κ1) is 16.8. The van der Waals surface area contributed by atoms with Crippen LogP contribution in [0.15, 0.2) is 46.9 Å². The average molecular weight is 387 g/mol. The molecule has 0 aliphatic heterocycles. The topological polar surface area (TPSA) is 38.3 Å². The van der Waals surface area contributed by atoms with Gasteiger partial charge in [0.25, 0.3) is 5.91 Å². The van der Waals surface area contributed by atoms with Crippen molar-refractivity contribution < 1.29 is 13.9 Å². The van der Waals surface area contributed by atoms with E-state index in [1.165, 1.54) is 18.2 Å². The van der Waals surface area contributed by atoms with Crippen LogP contribution in [0.4, 0.5) is 4.39 Å². The maximum absolute atomic E-state index is 13.0. The molecular formula is C16H14BrClFNO2. The minimum Gasteiger partial charge on any atom is -0.484 e. The lowest BCUT2D eigenvalue weighted by Crippen LogP contribution is -2.30. The van der Waals surface area contributed by atoms with E-state index in [9.17, 15) is 9.18 Å². The number of amides is 1. The third kappa shape index (κ3) is 5.00. The minimum absolute atomic E-state index is 0.0353. The third-order valence-electron chi connectivity index (χ3n) is 2.94. The van der Waals surface area contributed by atoms with Gasteiger partial charge in [0.1, 0.15) is 11.6 Å². The average Bonchev–Trinajstić information content (AvgIpc) is 2.50. The molecule has 0 aliphatic rings. The van der Waals surface area contributed by atoms with Gasteiger partial charge < -0.3 is 10.1 Å². The number of nitrogens with one attached hydrogen (secondary N) is 1. The number of ether oxygens (including phenoxy) is 1. The summed E-state index contributed by atoms with van der Waals surface area (Å²) in [5, 5.41) is 2.73. The van der Waals surface area contributed by atoms with Crippen LogP contribution in [0.5, 0.6) is 5.75 Å². The molecule has 2 aromatic rings. The number of halogens is 3. The van der Waals surface area contributed by atoms with Gasteiger partial charge in [-0.3, -0.25) is 4.79 Å². The lowest BCUT2D eigenvalue weighted by Gasteiger charge is -2.08. The molecule has 1 amide bonds. The molecule has 6 heteroatoms. The summed E-state index contributed by atoms with van der Waals surface area (Å²) >= 11 is 9.09. The molecule has 3 nitrogen and oxygen atoms in total. The first-order chi connectivity index (χ1) is 10.6. The van der Waals surface area contributed by atoms with Gasteiger partial charge in [0.15, 0.2) is 6.61 Å². The molecule has 0 bridgehead atoms. The van der Waals surface area contributed by atoms with Gasteiger partial charge in [0.05, 0.1) is 5.02 Å². The molecule has 116 valence electrons. The van der Waals surface area contributed by atoms with Crippen molar-refractivity contribution in [1.82, 2.24) is 5.32 Å². The SMILES string of the molecule is O=C(COc1ccc(F)c(Cl)c1)NCCc1ccccc1Br. The van der Waals surface area contributed by atoms with Gasteiger partial charge in [-0.15, -0.1) is 0 Å². The number of hydrogen-bond acceptors (Lipinski definition) is 2. The van der Waals surface area contributed by atoms with Gasteiger partial charge in [-0.1, -0.05) is 45.7 Å². The van der Waals surface area contributed by atoms with Crippen molar-refractivity contribution in [3.05, 3.63) is 63.3 Å². The van der Waals surface area contributed by atoms with Crippen molar-refractivity contribution in [1.29, 1.82) is 0 Å². The van der Waals surface area contributed by atoms with Crippen molar-refractivity contribution in [2.24, 2.45) is 0 Å². The molecule has 22 heavy (non-hydrogen) atoms. The molecule has 0 spiro atoms. The summed E-state index contributed by atoms with van der Waals surface area (Å²) in [6, 6.07) is 11.8. The van der Waals surface area contributed by atoms with Crippen LogP contribution in [-0.4, -0.2) is 19.1 Å². The molecule has 0 saturated carbocycles. The van der Waals surface area contributed by atoms with Crippen LogP contribution in [0.1, 0.15) is 5.56 Å². The number of rotatable bonds is 6. The molecule has 0 heterocycles. The molecule has 0 unspecified atom stereocenters. The normalized spacial score (nSPS) is 10.3. The van der Waals surface area contributed by atoms with E-state index < -0.39 is 5.82 Å². The van der Waals surface area contributed by atoms with E-state index in [1.54, 1.807) is 0 Å². The second-order valence-electron chi connectivity index (χ2n) is 4.56. The van der Waals surface area contributed by atoms with E-state index in [1.807, 2.05) is 24.3 Å². The Morgan fingerprint density at radius 3 is 2.77 bits per heavy atom. The zero-order valence-electron chi connectivity index (χ0n) is 11.6. The lowest BCUT2D eigenvalue weighted by atomic mass is 10.1. The second-order valence-corrected chi connectivity index (χ2v) is 5.82. The van der Waals surface area contributed by atoms with Gasteiger partial charge in [0, 0.05) is 17.1 Å². The van der Waals surface area contributed by atoms with Crippen LogP contribution >= 0.6 is 27.5 Å². The maximum Gasteiger partial charge on any atom is 0.257 e. The highest BCUT2D eigenvalue weighted by Crippen LogP contribution is 2.21. The summed E-state index contributed by atoms with van der Waals surface area (Å²) in [5.74, 6) is -0.410. The van der Waals surface area contributed by atoms with Crippen molar-refractivity contribution in [2.75, 3.05) is 13.2 Å². The number of carbonyl (C=O) groups is 1. The first-order valence-electron chi connectivity index (χ1n) is 6.64. The van der Waals surface area contributed by atoms with Gasteiger partial charge in [-0.05, 0) is 30.2 Å². The molecule has 0 atom stereocenters. The van der Waals surface area contributed by atoms with Crippen molar-refractivity contribution >= 4 is 33.4 Å². The predicted octanol–water partition coefficient (Wildman–Crippen LogP) is 3.98. The Bertz CT molecular complexity index is 666. The summed E-state index contributed by atoms with van der Waals surface area (Å²) in [5.41, 5.74) is 1.12. The van der Waals surface area contributed by atoms with Crippen LogP contribution in [0.25, 0.3) is 0 Å². The molecule has 0 saturated heterocycles. The fourth-order valence-corrected chi connectivity index (χ4v) is 2.46. The van der Waals surface area contributed by atoms with E-state index in [0.29, 0.717) is 12.3 Å². The molecular weight excluding hydrogens is 373 g/mol. The Kier molecular flexibility index (Phi) is 6.21. The fraction of sp³-hybridized carbons (Fsp3) is 0.188. The van der Waals surface area contributed by atoms with Crippen LogP contribution in [-0.2, 0) is 11.2 Å². The first-order valence-corrected chi connectivity index (χ1v) is 7.81. The van der Waals surface area contributed by atoms with Gasteiger partial charge in [-0.25, -0.2) is 4.39 Å². The van der Waals surface area contributed by atoms with Gasteiger partial charge >= 0.3 is 0 Å². The van der Waals surface area contributed by atoms with E-state index in [4.69, 9.17) is 16.3 Å². The fourth-order valence-electron chi connectivity index (χ4n) is 1.80. The van der Waals surface area contributed by atoms with E-state index in [0.717, 1.165) is 16.5 Å². The third-order valence-corrected chi connectivity index (χ3v) is 4.00. The van der Waals surface area contributed by atoms with Crippen LogP contribution in [0.2, 0.25) is 5.02 Å². The monoisotopic (exact) mass is 385 g/mol. The number of carbonyl (C=O) groups excluding carboxylic acids is 1. The maximum atomic E-state index is 13.0. The standard InChI is InChI=1S/C16H14BrClFNO2/c17-13-4-2-1-3-11(13)7-8-20-16(21)10-22-12-5-6-15(19)14(18)9-12/h1-6,9H,7-8,10H2,(H,20,21). The van der Waals surface area contributed by atoms with Gasteiger partial charge in [-0.2, -0.15) is 0 Å². The lowest BCUT2D eigenvalue weighted by molar-refractivity contribution is -0.123. The summed E-state index contributed by atoms with van der Waals surface area (Å²) in [6.07, 6.45) is 0.718. The number of hydrogen-bond donors (Lipinski definition) is 1. The van der Waals surface area contributed by atoms with Crippen molar-refractivity contribution in [2.45, 2.75) is 6.42 Å². The Morgan fingerprint density at radius 1 is 1.27 bits per heavy atom. The van der Waals surface area contributed by atoms with E-state index in [-0.39, 0.29) is 17.5 Å². The van der Waals surface area contributed by atoms with Gasteiger partial charge in [0.2, 0.25) is 0 Å². The molecule has 2 rings (SSSR count). The highest BCUT2D eigenvalue weighted by molar-refractivity contribution is 9.10. The smallest absolute Gasteiger partial charge is 0.257 e. The Balaban J connectivity index is 1.74. The molecule has 0 radical (unpaired) electrons. The highest BCUT2D eigenvalue weighted by atomic mass is 79.9. The summed E-state index contributed by atoms with van der Waals surface area (Å²) in [6.45, 7) is 0.368. The van der Waals surface area contributed by atoms with Crippen LogP contribution in [0.3, 0.4) is 0 Å². The van der Waals surface area contributed by atoms with E-state index in [2.05, 4.69) is 21.2 Å². The van der Waals surface area contributed by atoms with Crippen molar-refractivity contribution in [3.63, 3.8) is 0 Å². The summed E-state index contributed by atoms with van der Waals surface area (Å²) in [7, 11) is 0. The Hall–Kier alpha value is -1.59. The largest absolute Gasteiger partial charge is 0.484 e. The molecule has 0 aliphatic carbocycles. The molecule has 0 aromatic heterocycles. The second kappa shape index (κ2) is 8.15. The quantitative estimate of drug-likeness (QED) is 0.815. The Labute approximate surface area is 141 Å².